The number of nitrogens with one attached hydrogen (secondary N) is 1. The maximum atomic E-state index is 12.2. The van der Waals surface area contributed by atoms with Crippen molar-refractivity contribution in [3.63, 3.8) is 0 Å². The number of allylic oxidation sites excluding steroid dienone is 1. The minimum absolute atomic E-state index is 0.0299. The number of hydrogen-bond acceptors (Lipinski definition) is 4. The Morgan fingerprint density at radius 1 is 1.57 bits per heavy atom. The van der Waals surface area contributed by atoms with Crippen molar-refractivity contribution in [3.8, 4) is 0 Å². The van der Waals surface area contributed by atoms with Crippen LogP contribution in [-0.2, 0) is 9.47 Å². The van der Waals surface area contributed by atoms with Crippen LogP contribution in [0.1, 0.15) is 29.9 Å². The summed E-state index contributed by atoms with van der Waals surface area (Å²) < 4.78 is 11.9. The van der Waals surface area contributed by atoms with Crippen molar-refractivity contribution in [1.82, 2.24) is 5.32 Å². The molecule has 0 radical (unpaired) electrons. The number of carbonyl (C=O) groups excluding carboxylic acids is 1. The summed E-state index contributed by atoms with van der Waals surface area (Å²) >= 11 is 7.14. The van der Waals surface area contributed by atoms with Gasteiger partial charge in [0.2, 0.25) is 0 Å². The third kappa shape index (κ3) is 5.11. The number of ether oxygens (including phenoxy) is 2. The molecular formula is C15H20ClNO3S. The van der Waals surface area contributed by atoms with Crippen LogP contribution in [0.3, 0.4) is 0 Å². The van der Waals surface area contributed by atoms with Crippen LogP contribution in [0.4, 0.5) is 0 Å². The van der Waals surface area contributed by atoms with Gasteiger partial charge >= 0.3 is 0 Å². The molecule has 0 saturated carbocycles. The molecule has 116 valence electrons. The van der Waals surface area contributed by atoms with E-state index < -0.39 is 0 Å². The van der Waals surface area contributed by atoms with Gasteiger partial charge in [-0.3, -0.25) is 4.79 Å². The molecule has 1 aliphatic heterocycles. The summed E-state index contributed by atoms with van der Waals surface area (Å²) in [4.78, 5) is 12.8. The number of rotatable bonds is 5. The number of halogens is 1. The molecule has 6 heteroatoms. The Morgan fingerprint density at radius 3 is 3.05 bits per heavy atom. The normalized spacial score (nSPS) is 21.9. The van der Waals surface area contributed by atoms with Crippen LogP contribution < -0.4 is 5.32 Å². The van der Waals surface area contributed by atoms with E-state index in [1.54, 1.807) is 12.1 Å². The summed E-state index contributed by atoms with van der Waals surface area (Å²) in [7, 11) is 0. The van der Waals surface area contributed by atoms with Gasteiger partial charge in [-0.1, -0.05) is 23.3 Å². The topological polar surface area (TPSA) is 47.6 Å². The van der Waals surface area contributed by atoms with E-state index in [0.29, 0.717) is 29.0 Å². The molecule has 2 heterocycles. The van der Waals surface area contributed by atoms with Crippen molar-refractivity contribution >= 4 is 28.8 Å². The second-order valence-corrected chi connectivity index (χ2v) is 6.92. The third-order valence-corrected chi connectivity index (χ3v) is 4.45. The molecule has 1 N–H and O–H groups in total. The zero-order valence-electron chi connectivity index (χ0n) is 12.2. The maximum Gasteiger partial charge on any atom is 0.261 e. The number of amides is 1. The van der Waals surface area contributed by atoms with Gasteiger partial charge < -0.3 is 14.8 Å². The second kappa shape index (κ2) is 7.94. The lowest BCUT2D eigenvalue weighted by atomic mass is 10.1. The van der Waals surface area contributed by atoms with Crippen molar-refractivity contribution in [2.45, 2.75) is 32.4 Å². The SMILES string of the molecule is CC(C)=CCO[C@@H]1COCC[C@H]1NC(=O)c1ccc(Cl)s1. The summed E-state index contributed by atoms with van der Waals surface area (Å²) in [6.45, 7) is 5.74. The van der Waals surface area contributed by atoms with Crippen LogP contribution in [0.15, 0.2) is 23.8 Å². The molecule has 0 aromatic carbocycles. The molecule has 1 aromatic rings. The van der Waals surface area contributed by atoms with Gasteiger partial charge in [0.15, 0.2) is 0 Å². The first-order chi connectivity index (χ1) is 10.1. The molecule has 2 rings (SSSR count). The highest BCUT2D eigenvalue weighted by Crippen LogP contribution is 2.22. The smallest absolute Gasteiger partial charge is 0.261 e. The lowest BCUT2D eigenvalue weighted by Gasteiger charge is -2.31. The monoisotopic (exact) mass is 329 g/mol. The van der Waals surface area contributed by atoms with Crippen LogP contribution in [0, 0.1) is 0 Å². The van der Waals surface area contributed by atoms with Crippen molar-refractivity contribution in [3.05, 3.63) is 33.0 Å². The Bertz CT molecular complexity index is 511. The lowest BCUT2D eigenvalue weighted by molar-refractivity contribution is -0.0589. The fourth-order valence-electron chi connectivity index (χ4n) is 2.06. The first kappa shape index (κ1) is 16.5. The second-order valence-electron chi connectivity index (χ2n) is 5.20. The Morgan fingerprint density at radius 2 is 2.38 bits per heavy atom. The average Bonchev–Trinajstić information content (AvgIpc) is 2.87. The Hall–Kier alpha value is -0.880. The standard InChI is InChI=1S/C15H20ClNO3S/c1-10(2)5-8-20-12-9-19-7-6-11(12)17-15(18)13-3-4-14(16)21-13/h3-5,11-12H,6-9H2,1-2H3,(H,17,18)/t11-,12-/m1/s1. The molecule has 0 aliphatic carbocycles. The summed E-state index contributed by atoms with van der Waals surface area (Å²) in [5.74, 6) is -0.102. The molecule has 1 saturated heterocycles. The van der Waals surface area contributed by atoms with E-state index in [9.17, 15) is 4.79 Å². The average molecular weight is 330 g/mol. The van der Waals surface area contributed by atoms with Gasteiger partial charge in [-0.15, -0.1) is 11.3 Å². The third-order valence-electron chi connectivity index (χ3n) is 3.22. The largest absolute Gasteiger partial charge is 0.379 e. The van der Waals surface area contributed by atoms with Crippen molar-refractivity contribution in [2.24, 2.45) is 0 Å². The van der Waals surface area contributed by atoms with Crippen molar-refractivity contribution in [1.29, 1.82) is 0 Å². The van der Waals surface area contributed by atoms with Crippen molar-refractivity contribution in [2.75, 3.05) is 19.8 Å². The van der Waals surface area contributed by atoms with E-state index in [1.165, 1.54) is 16.9 Å². The highest BCUT2D eigenvalue weighted by molar-refractivity contribution is 7.17. The summed E-state index contributed by atoms with van der Waals surface area (Å²) in [6, 6.07) is 3.44. The molecule has 0 spiro atoms. The van der Waals surface area contributed by atoms with Crippen LogP contribution >= 0.6 is 22.9 Å². The van der Waals surface area contributed by atoms with Gasteiger partial charge in [-0.25, -0.2) is 0 Å². The Balaban J connectivity index is 1.92. The van der Waals surface area contributed by atoms with Gasteiger partial charge in [-0.2, -0.15) is 0 Å². The summed E-state index contributed by atoms with van der Waals surface area (Å²) in [5, 5.41) is 3.02. The molecule has 1 aromatic heterocycles. The van der Waals surface area contributed by atoms with E-state index in [4.69, 9.17) is 21.1 Å². The molecule has 21 heavy (non-hydrogen) atoms. The zero-order valence-corrected chi connectivity index (χ0v) is 13.8. The maximum absolute atomic E-state index is 12.2. The fourth-order valence-corrected chi connectivity index (χ4v) is 3.00. The van der Waals surface area contributed by atoms with Gasteiger partial charge in [0.1, 0.15) is 6.10 Å². The molecule has 1 amide bonds. The van der Waals surface area contributed by atoms with E-state index in [-0.39, 0.29) is 18.1 Å². The predicted molar refractivity (Wildman–Crippen MR) is 85.2 cm³/mol. The van der Waals surface area contributed by atoms with E-state index in [0.717, 1.165) is 6.42 Å². The molecule has 1 aliphatic rings. The van der Waals surface area contributed by atoms with Crippen LogP contribution in [-0.4, -0.2) is 37.9 Å². The summed E-state index contributed by atoms with van der Waals surface area (Å²) in [6.07, 6.45) is 2.66. The highest BCUT2D eigenvalue weighted by Gasteiger charge is 2.28. The molecule has 4 nitrogen and oxygen atoms in total. The molecule has 2 atom stereocenters. The van der Waals surface area contributed by atoms with E-state index in [2.05, 4.69) is 5.32 Å². The fraction of sp³-hybridized carbons (Fsp3) is 0.533. The van der Waals surface area contributed by atoms with Crippen LogP contribution in [0.25, 0.3) is 0 Å². The molecular weight excluding hydrogens is 310 g/mol. The molecule has 0 unspecified atom stereocenters. The Kier molecular flexibility index (Phi) is 6.23. The van der Waals surface area contributed by atoms with Crippen LogP contribution in [0.2, 0.25) is 4.34 Å². The molecule has 1 fully saturated rings. The quantitative estimate of drug-likeness (QED) is 0.843. The molecule has 0 bridgehead atoms. The first-order valence-corrected chi connectivity index (χ1v) is 8.14. The Labute approximate surface area is 134 Å². The van der Waals surface area contributed by atoms with Gasteiger partial charge in [0.05, 0.1) is 28.5 Å². The van der Waals surface area contributed by atoms with Crippen molar-refractivity contribution < 1.29 is 14.3 Å². The number of hydrogen-bond donors (Lipinski definition) is 1. The predicted octanol–water partition coefficient (Wildman–Crippen LogP) is 3.27. The minimum Gasteiger partial charge on any atom is -0.379 e. The van der Waals surface area contributed by atoms with E-state index >= 15 is 0 Å². The van der Waals surface area contributed by atoms with E-state index in [1.807, 2.05) is 19.9 Å². The van der Waals surface area contributed by atoms with Gasteiger partial charge in [-0.05, 0) is 32.4 Å². The highest BCUT2D eigenvalue weighted by atomic mass is 35.5. The van der Waals surface area contributed by atoms with Crippen LogP contribution in [0.5, 0.6) is 0 Å². The number of thiophene rings is 1. The summed E-state index contributed by atoms with van der Waals surface area (Å²) in [5.41, 5.74) is 1.21. The van der Waals surface area contributed by atoms with Gasteiger partial charge in [0.25, 0.3) is 5.91 Å². The number of carbonyl (C=O) groups is 1. The first-order valence-electron chi connectivity index (χ1n) is 6.95. The lowest BCUT2D eigenvalue weighted by Crippen LogP contribution is -2.49. The van der Waals surface area contributed by atoms with Gasteiger partial charge in [0, 0.05) is 6.61 Å². The minimum atomic E-state index is -0.117. The zero-order chi connectivity index (χ0) is 15.2.